The van der Waals surface area contributed by atoms with Gasteiger partial charge >= 0.3 is 5.95 Å². The second kappa shape index (κ2) is 3.90. The highest BCUT2D eigenvalue weighted by Crippen LogP contribution is 2.18. The lowest BCUT2D eigenvalue weighted by molar-refractivity contribution is 0.0942. The van der Waals surface area contributed by atoms with Gasteiger partial charge in [0.05, 0.1) is 6.61 Å². The molecule has 0 saturated heterocycles. The van der Waals surface area contributed by atoms with Crippen molar-refractivity contribution in [1.29, 1.82) is 0 Å². The minimum atomic E-state index is -0.527. The fraction of sp³-hybridized carbons (Fsp3) is 0.429. The predicted molar refractivity (Wildman–Crippen MR) is 44.1 cm³/mol. The maximum atomic E-state index is 11.1. The molecule has 0 aliphatic heterocycles. The van der Waals surface area contributed by atoms with Gasteiger partial charge in [0.25, 0.3) is 5.91 Å². The molecule has 0 radical (unpaired) electrons. The molecular formula is C7H11N3O3. The molecule has 0 spiro atoms. The second-order valence-corrected chi connectivity index (χ2v) is 2.28. The zero-order valence-corrected chi connectivity index (χ0v) is 7.46. The number of aromatic nitrogens is 1. The minimum Gasteiger partial charge on any atom is -0.464 e. The predicted octanol–water partition coefficient (Wildman–Crippen LogP) is -0.0148. The quantitative estimate of drug-likeness (QED) is 0.392. The highest BCUT2D eigenvalue weighted by Gasteiger charge is 2.18. The van der Waals surface area contributed by atoms with Crippen LogP contribution in [0.2, 0.25) is 0 Å². The third-order valence-corrected chi connectivity index (χ3v) is 1.32. The lowest BCUT2D eigenvalue weighted by Crippen LogP contribution is -2.30. The minimum absolute atomic E-state index is 0.0712. The van der Waals surface area contributed by atoms with E-state index in [9.17, 15) is 4.79 Å². The Morgan fingerprint density at radius 3 is 3.00 bits per heavy atom. The van der Waals surface area contributed by atoms with Gasteiger partial charge in [0.15, 0.2) is 5.89 Å². The van der Waals surface area contributed by atoms with Crippen molar-refractivity contribution in [1.82, 2.24) is 10.4 Å². The number of amides is 1. The Hall–Kier alpha value is -1.56. The van der Waals surface area contributed by atoms with E-state index >= 15 is 0 Å². The summed E-state index contributed by atoms with van der Waals surface area (Å²) in [6.07, 6.45) is 0. The molecule has 0 fully saturated rings. The zero-order chi connectivity index (χ0) is 9.84. The van der Waals surface area contributed by atoms with Gasteiger partial charge in [-0.2, -0.15) is 0 Å². The average Bonchev–Trinajstić information content (AvgIpc) is 2.46. The summed E-state index contributed by atoms with van der Waals surface area (Å²) in [5, 5.41) is 0. The first-order valence-corrected chi connectivity index (χ1v) is 3.80. The summed E-state index contributed by atoms with van der Waals surface area (Å²) in [7, 11) is 0. The summed E-state index contributed by atoms with van der Waals surface area (Å²) >= 11 is 0. The maximum Gasteiger partial charge on any atom is 0.318 e. The van der Waals surface area contributed by atoms with Gasteiger partial charge in [0.2, 0.25) is 5.69 Å². The lowest BCUT2D eigenvalue weighted by Gasteiger charge is -1.98. The molecule has 1 aromatic heterocycles. The van der Waals surface area contributed by atoms with Crippen LogP contribution in [0.1, 0.15) is 23.3 Å². The standard InChI is InChI=1S/C7H11N3O3/c1-3-12-7-5(6(11)10-8)9-4(2)13-7/h3,8H2,1-2H3,(H,10,11). The summed E-state index contributed by atoms with van der Waals surface area (Å²) in [6, 6.07) is 0. The molecule has 0 unspecified atom stereocenters. The van der Waals surface area contributed by atoms with E-state index in [1.807, 2.05) is 5.43 Å². The summed E-state index contributed by atoms with van der Waals surface area (Å²) < 4.78 is 10.1. The fourth-order valence-corrected chi connectivity index (χ4v) is 0.849. The Labute approximate surface area is 75.0 Å². The SMILES string of the molecule is CCOc1oc(C)nc1C(=O)NN. The Bertz CT molecular complexity index is 308. The van der Waals surface area contributed by atoms with Gasteiger partial charge in [0.1, 0.15) is 0 Å². The number of carbonyl (C=O) groups is 1. The van der Waals surface area contributed by atoms with Gasteiger partial charge in [-0.25, -0.2) is 10.8 Å². The Kier molecular flexibility index (Phi) is 2.86. The van der Waals surface area contributed by atoms with Gasteiger partial charge in [-0.1, -0.05) is 0 Å². The summed E-state index contributed by atoms with van der Waals surface area (Å²) in [5.74, 6) is 4.88. The van der Waals surface area contributed by atoms with Gasteiger partial charge in [-0.05, 0) is 6.92 Å². The molecule has 3 N–H and O–H groups in total. The first-order chi connectivity index (χ1) is 6.19. The van der Waals surface area contributed by atoms with Crippen molar-refractivity contribution in [3.63, 3.8) is 0 Å². The van der Waals surface area contributed by atoms with Crippen LogP contribution in [0.4, 0.5) is 0 Å². The first kappa shape index (κ1) is 9.53. The molecule has 6 heteroatoms. The van der Waals surface area contributed by atoms with Crippen LogP contribution in [0.5, 0.6) is 5.95 Å². The van der Waals surface area contributed by atoms with Crippen LogP contribution >= 0.6 is 0 Å². The molecule has 1 aromatic rings. The van der Waals surface area contributed by atoms with Crippen LogP contribution in [0.3, 0.4) is 0 Å². The van der Waals surface area contributed by atoms with Gasteiger partial charge in [-0.15, -0.1) is 0 Å². The van der Waals surface area contributed by atoms with E-state index in [4.69, 9.17) is 15.0 Å². The Balaban J connectivity index is 2.96. The lowest BCUT2D eigenvalue weighted by atomic mass is 10.4. The number of nitrogens with two attached hydrogens (primary N) is 1. The molecule has 1 heterocycles. The van der Waals surface area contributed by atoms with Crippen molar-refractivity contribution in [3.05, 3.63) is 11.6 Å². The van der Waals surface area contributed by atoms with Crippen LogP contribution < -0.4 is 16.0 Å². The van der Waals surface area contributed by atoms with E-state index in [0.29, 0.717) is 12.5 Å². The molecule has 1 rings (SSSR count). The van der Waals surface area contributed by atoms with E-state index in [1.165, 1.54) is 0 Å². The van der Waals surface area contributed by atoms with Crippen molar-refractivity contribution in [2.24, 2.45) is 5.84 Å². The molecule has 13 heavy (non-hydrogen) atoms. The van der Waals surface area contributed by atoms with E-state index in [2.05, 4.69) is 4.98 Å². The molecule has 0 aliphatic carbocycles. The molecule has 1 amide bonds. The number of nitrogens with one attached hydrogen (secondary N) is 1. The number of ether oxygens (including phenoxy) is 1. The van der Waals surface area contributed by atoms with E-state index < -0.39 is 5.91 Å². The summed E-state index contributed by atoms with van der Waals surface area (Å²) in [4.78, 5) is 14.9. The number of carbonyl (C=O) groups excluding carboxylic acids is 1. The van der Waals surface area contributed by atoms with Crippen LogP contribution in [0, 0.1) is 6.92 Å². The fourth-order valence-electron chi connectivity index (χ4n) is 0.849. The largest absolute Gasteiger partial charge is 0.464 e. The number of oxazole rings is 1. The number of hydrazine groups is 1. The monoisotopic (exact) mass is 185 g/mol. The summed E-state index contributed by atoms with van der Waals surface area (Å²) in [6.45, 7) is 3.80. The topological polar surface area (TPSA) is 90.4 Å². The molecule has 0 atom stereocenters. The Morgan fingerprint density at radius 2 is 2.46 bits per heavy atom. The molecular weight excluding hydrogens is 174 g/mol. The Morgan fingerprint density at radius 1 is 1.77 bits per heavy atom. The van der Waals surface area contributed by atoms with Crippen LogP contribution in [0.25, 0.3) is 0 Å². The van der Waals surface area contributed by atoms with Crippen molar-refractivity contribution >= 4 is 5.91 Å². The van der Waals surface area contributed by atoms with Gasteiger partial charge in [-0.3, -0.25) is 10.2 Å². The molecule has 0 saturated carbocycles. The van der Waals surface area contributed by atoms with Gasteiger partial charge in [0, 0.05) is 6.92 Å². The number of hydrogen-bond acceptors (Lipinski definition) is 5. The van der Waals surface area contributed by atoms with Crippen LogP contribution in [-0.4, -0.2) is 17.5 Å². The molecule has 0 aromatic carbocycles. The van der Waals surface area contributed by atoms with E-state index in [0.717, 1.165) is 0 Å². The highest BCUT2D eigenvalue weighted by atomic mass is 16.6. The average molecular weight is 185 g/mol. The number of hydrogen-bond donors (Lipinski definition) is 2. The van der Waals surface area contributed by atoms with Gasteiger partial charge < -0.3 is 9.15 Å². The number of nitrogens with zero attached hydrogens (tertiary/aromatic N) is 1. The maximum absolute atomic E-state index is 11.1. The van der Waals surface area contributed by atoms with Crippen LogP contribution in [-0.2, 0) is 0 Å². The number of rotatable bonds is 3. The third kappa shape index (κ3) is 1.97. The molecule has 0 bridgehead atoms. The second-order valence-electron chi connectivity index (χ2n) is 2.28. The smallest absolute Gasteiger partial charge is 0.318 e. The van der Waals surface area contributed by atoms with E-state index in [1.54, 1.807) is 13.8 Å². The molecule has 72 valence electrons. The van der Waals surface area contributed by atoms with Crippen molar-refractivity contribution in [2.75, 3.05) is 6.61 Å². The van der Waals surface area contributed by atoms with Crippen molar-refractivity contribution in [3.8, 4) is 5.95 Å². The first-order valence-electron chi connectivity index (χ1n) is 3.80. The molecule has 0 aliphatic rings. The number of aryl methyl sites for hydroxylation is 1. The summed E-state index contributed by atoms with van der Waals surface area (Å²) in [5.41, 5.74) is 2.02. The van der Waals surface area contributed by atoms with Crippen LogP contribution in [0.15, 0.2) is 4.42 Å². The normalized spacial score (nSPS) is 9.77. The van der Waals surface area contributed by atoms with Crippen molar-refractivity contribution < 1.29 is 13.9 Å². The third-order valence-electron chi connectivity index (χ3n) is 1.32. The van der Waals surface area contributed by atoms with E-state index in [-0.39, 0.29) is 11.6 Å². The zero-order valence-electron chi connectivity index (χ0n) is 7.46. The number of nitrogen functional groups attached to an aromatic ring is 1. The molecule has 6 nitrogen and oxygen atoms in total. The highest BCUT2D eigenvalue weighted by molar-refractivity contribution is 5.93. The van der Waals surface area contributed by atoms with Crippen molar-refractivity contribution in [2.45, 2.75) is 13.8 Å².